The highest BCUT2D eigenvalue weighted by Crippen LogP contribution is 2.30. The molecule has 1 unspecified atom stereocenters. The summed E-state index contributed by atoms with van der Waals surface area (Å²) in [6.45, 7) is 5.02. The summed E-state index contributed by atoms with van der Waals surface area (Å²) in [5.41, 5.74) is 5.95. The fourth-order valence-electron chi connectivity index (χ4n) is 3.89. The second kappa shape index (κ2) is 6.25. The molecule has 1 saturated carbocycles. The number of carbonyl (C=O) groups is 1. The summed E-state index contributed by atoms with van der Waals surface area (Å²) in [6, 6.07) is 0.164. The van der Waals surface area contributed by atoms with Crippen LogP contribution in [0.1, 0.15) is 71.6 Å². The molecule has 1 aliphatic carbocycles. The first kappa shape index (κ1) is 14.8. The van der Waals surface area contributed by atoms with E-state index < -0.39 is 0 Å². The standard InChI is InChI=1S/C16H30N2O/c1-16(2)11-14(17)12-18(16)15(19)10-6-9-13-7-4-3-5-8-13/h13-14H,3-12,17H2,1-2H3. The Morgan fingerprint density at radius 3 is 2.53 bits per heavy atom. The van der Waals surface area contributed by atoms with Crippen LogP contribution in [0.3, 0.4) is 0 Å². The van der Waals surface area contributed by atoms with Crippen LogP contribution in [0.2, 0.25) is 0 Å². The van der Waals surface area contributed by atoms with Gasteiger partial charge in [-0.05, 0) is 39.0 Å². The zero-order valence-corrected chi connectivity index (χ0v) is 12.7. The van der Waals surface area contributed by atoms with Crippen molar-refractivity contribution in [1.29, 1.82) is 0 Å². The second-order valence-corrected chi connectivity index (χ2v) is 7.18. The van der Waals surface area contributed by atoms with Gasteiger partial charge in [0.1, 0.15) is 0 Å². The average molecular weight is 266 g/mol. The Labute approximate surface area is 117 Å². The zero-order valence-electron chi connectivity index (χ0n) is 12.7. The fourth-order valence-corrected chi connectivity index (χ4v) is 3.89. The molecule has 0 radical (unpaired) electrons. The lowest BCUT2D eigenvalue weighted by atomic mass is 9.86. The summed E-state index contributed by atoms with van der Waals surface area (Å²) in [4.78, 5) is 14.3. The number of rotatable bonds is 4. The molecule has 3 heteroatoms. The van der Waals surface area contributed by atoms with Gasteiger partial charge in [0, 0.05) is 24.5 Å². The van der Waals surface area contributed by atoms with Crippen molar-refractivity contribution in [3.8, 4) is 0 Å². The number of amides is 1. The van der Waals surface area contributed by atoms with E-state index >= 15 is 0 Å². The van der Waals surface area contributed by atoms with Crippen molar-refractivity contribution in [2.45, 2.75) is 83.2 Å². The SMILES string of the molecule is CC1(C)CC(N)CN1C(=O)CCCC1CCCCC1. The lowest BCUT2D eigenvalue weighted by Crippen LogP contribution is -2.42. The molecule has 0 aromatic rings. The molecule has 2 aliphatic rings. The third-order valence-electron chi connectivity index (χ3n) is 4.94. The summed E-state index contributed by atoms with van der Waals surface area (Å²) >= 11 is 0. The molecule has 1 saturated heterocycles. The lowest BCUT2D eigenvalue weighted by molar-refractivity contribution is -0.134. The number of hydrogen-bond acceptors (Lipinski definition) is 2. The summed E-state index contributed by atoms with van der Waals surface area (Å²) in [5, 5.41) is 0. The molecule has 19 heavy (non-hydrogen) atoms. The summed E-state index contributed by atoms with van der Waals surface area (Å²) in [6.07, 6.45) is 10.9. The van der Waals surface area contributed by atoms with Gasteiger partial charge in [-0.15, -0.1) is 0 Å². The first-order chi connectivity index (χ1) is 8.99. The Bertz CT molecular complexity index is 308. The van der Waals surface area contributed by atoms with E-state index in [0.717, 1.165) is 25.3 Å². The first-order valence-corrected chi connectivity index (χ1v) is 8.05. The Morgan fingerprint density at radius 1 is 1.26 bits per heavy atom. The van der Waals surface area contributed by atoms with Crippen LogP contribution >= 0.6 is 0 Å². The van der Waals surface area contributed by atoms with Crippen LogP contribution in [0.4, 0.5) is 0 Å². The third-order valence-corrected chi connectivity index (χ3v) is 4.94. The van der Waals surface area contributed by atoms with Gasteiger partial charge in [0.2, 0.25) is 5.91 Å². The number of nitrogens with zero attached hydrogens (tertiary/aromatic N) is 1. The average Bonchev–Trinajstić information content (AvgIpc) is 2.64. The Kier molecular flexibility index (Phi) is 4.88. The molecule has 1 atom stereocenters. The van der Waals surface area contributed by atoms with E-state index in [9.17, 15) is 4.79 Å². The molecule has 2 rings (SSSR count). The van der Waals surface area contributed by atoms with Gasteiger partial charge >= 0.3 is 0 Å². The van der Waals surface area contributed by atoms with Crippen molar-refractivity contribution < 1.29 is 4.79 Å². The highest BCUT2D eigenvalue weighted by molar-refractivity contribution is 5.77. The molecule has 0 bridgehead atoms. The van der Waals surface area contributed by atoms with Crippen molar-refractivity contribution in [3.63, 3.8) is 0 Å². The van der Waals surface area contributed by atoms with Crippen molar-refractivity contribution in [2.75, 3.05) is 6.54 Å². The van der Waals surface area contributed by atoms with Crippen LogP contribution in [-0.4, -0.2) is 28.9 Å². The maximum atomic E-state index is 12.3. The highest BCUT2D eigenvalue weighted by Gasteiger charge is 2.39. The molecule has 110 valence electrons. The molecule has 2 N–H and O–H groups in total. The third kappa shape index (κ3) is 3.95. The lowest BCUT2D eigenvalue weighted by Gasteiger charge is -2.31. The molecule has 0 aromatic carbocycles. The molecular weight excluding hydrogens is 236 g/mol. The molecule has 0 aromatic heterocycles. The molecule has 1 amide bonds. The largest absolute Gasteiger partial charge is 0.336 e. The van der Waals surface area contributed by atoms with Gasteiger partial charge in [0.25, 0.3) is 0 Å². The van der Waals surface area contributed by atoms with E-state index in [-0.39, 0.29) is 11.6 Å². The van der Waals surface area contributed by atoms with E-state index in [0.29, 0.717) is 12.3 Å². The first-order valence-electron chi connectivity index (χ1n) is 8.05. The van der Waals surface area contributed by atoms with E-state index in [1.807, 2.05) is 4.90 Å². The summed E-state index contributed by atoms with van der Waals surface area (Å²) in [5.74, 6) is 1.20. The van der Waals surface area contributed by atoms with Crippen LogP contribution in [0.5, 0.6) is 0 Å². The van der Waals surface area contributed by atoms with Crippen LogP contribution in [0.25, 0.3) is 0 Å². The normalized spacial score (nSPS) is 27.7. The number of carbonyl (C=O) groups excluding carboxylic acids is 1. The Hall–Kier alpha value is -0.570. The van der Waals surface area contributed by atoms with Crippen molar-refractivity contribution in [3.05, 3.63) is 0 Å². The van der Waals surface area contributed by atoms with E-state index in [1.165, 1.54) is 38.5 Å². The topological polar surface area (TPSA) is 46.3 Å². The Morgan fingerprint density at radius 2 is 1.95 bits per heavy atom. The van der Waals surface area contributed by atoms with Crippen LogP contribution in [-0.2, 0) is 4.79 Å². The van der Waals surface area contributed by atoms with Gasteiger partial charge in [-0.25, -0.2) is 0 Å². The van der Waals surface area contributed by atoms with Gasteiger partial charge in [0.05, 0.1) is 0 Å². The molecular formula is C16H30N2O. The van der Waals surface area contributed by atoms with Gasteiger partial charge in [-0.3, -0.25) is 4.79 Å². The van der Waals surface area contributed by atoms with Gasteiger partial charge in [-0.2, -0.15) is 0 Å². The monoisotopic (exact) mass is 266 g/mol. The molecule has 2 fully saturated rings. The summed E-state index contributed by atoms with van der Waals surface area (Å²) in [7, 11) is 0. The van der Waals surface area contributed by atoms with Crippen LogP contribution in [0, 0.1) is 5.92 Å². The molecule has 3 nitrogen and oxygen atoms in total. The van der Waals surface area contributed by atoms with E-state index in [2.05, 4.69) is 13.8 Å². The minimum Gasteiger partial charge on any atom is -0.336 e. The van der Waals surface area contributed by atoms with Crippen molar-refractivity contribution in [2.24, 2.45) is 11.7 Å². The maximum Gasteiger partial charge on any atom is 0.223 e. The quantitative estimate of drug-likeness (QED) is 0.850. The number of likely N-dealkylation sites (tertiary alicyclic amines) is 1. The van der Waals surface area contributed by atoms with Gasteiger partial charge in [-0.1, -0.05) is 32.1 Å². The van der Waals surface area contributed by atoms with Gasteiger partial charge < -0.3 is 10.6 Å². The van der Waals surface area contributed by atoms with E-state index in [4.69, 9.17) is 5.73 Å². The van der Waals surface area contributed by atoms with Crippen LogP contribution < -0.4 is 5.73 Å². The van der Waals surface area contributed by atoms with Crippen molar-refractivity contribution >= 4 is 5.91 Å². The zero-order chi connectivity index (χ0) is 13.9. The maximum absolute atomic E-state index is 12.3. The second-order valence-electron chi connectivity index (χ2n) is 7.18. The smallest absolute Gasteiger partial charge is 0.223 e. The minimum absolute atomic E-state index is 0.0403. The predicted molar refractivity (Wildman–Crippen MR) is 78.8 cm³/mol. The fraction of sp³-hybridized carbons (Fsp3) is 0.938. The molecule has 1 heterocycles. The van der Waals surface area contributed by atoms with Crippen LogP contribution in [0.15, 0.2) is 0 Å². The van der Waals surface area contributed by atoms with Gasteiger partial charge in [0.15, 0.2) is 0 Å². The number of nitrogens with two attached hydrogens (primary N) is 1. The Balaban J connectivity index is 1.72. The number of hydrogen-bond donors (Lipinski definition) is 1. The highest BCUT2D eigenvalue weighted by atomic mass is 16.2. The van der Waals surface area contributed by atoms with Crippen molar-refractivity contribution in [1.82, 2.24) is 4.90 Å². The molecule has 1 aliphatic heterocycles. The van der Waals surface area contributed by atoms with E-state index in [1.54, 1.807) is 0 Å². The summed E-state index contributed by atoms with van der Waals surface area (Å²) < 4.78 is 0. The predicted octanol–water partition coefficient (Wildman–Crippen LogP) is 3.08. The molecule has 0 spiro atoms. The minimum atomic E-state index is -0.0403.